The molecule has 0 aromatic carbocycles. The minimum absolute atomic E-state index is 0.0601. The van der Waals surface area contributed by atoms with Gasteiger partial charge in [-0.25, -0.2) is 4.79 Å². The standard InChI is InChI=1S/C13H12BrNO3/c1-3-18-13(17)10-6-8(2)11-5-4-9(14)7-15(11)12(10)16/h4-7H,3H2,1-2H3. The number of nitrogens with zero attached hydrogens (tertiary/aromatic N) is 1. The van der Waals surface area contributed by atoms with Crippen LogP contribution < -0.4 is 5.56 Å². The van der Waals surface area contributed by atoms with Gasteiger partial charge in [0.1, 0.15) is 5.56 Å². The van der Waals surface area contributed by atoms with E-state index in [1.807, 2.05) is 19.1 Å². The largest absolute Gasteiger partial charge is 0.462 e. The first-order valence-electron chi connectivity index (χ1n) is 5.53. The number of carbonyl (C=O) groups excluding carboxylic acids is 1. The molecular formula is C13H12BrNO3. The molecule has 0 fully saturated rings. The van der Waals surface area contributed by atoms with Crippen LogP contribution in [0.15, 0.2) is 33.7 Å². The fraction of sp³-hybridized carbons (Fsp3) is 0.231. The van der Waals surface area contributed by atoms with Gasteiger partial charge in [0, 0.05) is 10.7 Å². The van der Waals surface area contributed by atoms with Crippen LogP contribution in [0.3, 0.4) is 0 Å². The second kappa shape index (κ2) is 4.94. The Morgan fingerprint density at radius 2 is 2.17 bits per heavy atom. The van der Waals surface area contributed by atoms with Gasteiger partial charge in [0.25, 0.3) is 5.56 Å². The quantitative estimate of drug-likeness (QED) is 0.801. The number of fused-ring (bicyclic) bond motifs is 1. The summed E-state index contributed by atoms with van der Waals surface area (Å²) in [5, 5.41) is 0. The van der Waals surface area contributed by atoms with Crippen LogP contribution in [0.2, 0.25) is 0 Å². The van der Waals surface area contributed by atoms with Gasteiger partial charge in [-0.2, -0.15) is 0 Å². The maximum atomic E-state index is 12.2. The first kappa shape index (κ1) is 12.8. The maximum Gasteiger partial charge on any atom is 0.343 e. The zero-order valence-electron chi connectivity index (χ0n) is 10.1. The van der Waals surface area contributed by atoms with Crippen LogP contribution in [0.1, 0.15) is 22.8 Å². The molecule has 0 radical (unpaired) electrons. The van der Waals surface area contributed by atoms with Crippen molar-refractivity contribution in [2.75, 3.05) is 6.61 Å². The van der Waals surface area contributed by atoms with Crippen molar-refractivity contribution in [1.82, 2.24) is 4.40 Å². The Kier molecular flexibility index (Phi) is 3.52. The minimum Gasteiger partial charge on any atom is -0.462 e. The van der Waals surface area contributed by atoms with Crippen molar-refractivity contribution in [2.24, 2.45) is 0 Å². The molecule has 94 valence electrons. The highest BCUT2D eigenvalue weighted by molar-refractivity contribution is 9.10. The lowest BCUT2D eigenvalue weighted by atomic mass is 10.1. The molecule has 5 heteroatoms. The summed E-state index contributed by atoms with van der Waals surface area (Å²) >= 11 is 3.31. The van der Waals surface area contributed by atoms with Gasteiger partial charge in [0.05, 0.1) is 12.1 Å². The maximum absolute atomic E-state index is 12.2. The van der Waals surface area contributed by atoms with Gasteiger partial charge >= 0.3 is 5.97 Å². The fourth-order valence-electron chi connectivity index (χ4n) is 1.80. The Morgan fingerprint density at radius 1 is 1.44 bits per heavy atom. The number of aryl methyl sites for hydroxylation is 1. The third-order valence-electron chi connectivity index (χ3n) is 2.62. The van der Waals surface area contributed by atoms with Crippen LogP contribution in [0.25, 0.3) is 5.52 Å². The van der Waals surface area contributed by atoms with Crippen molar-refractivity contribution in [3.05, 3.63) is 50.3 Å². The summed E-state index contributed by atoms with van der Waals surface area (Å²) in [7, 11) is 0. The molecule has 4 nitrogen and oxygen atoms in total. The van der Waals surface area contributed by atoms with E-state index in [-0.39, 0.29) is 17.7 Å². The molecule has 18 heavy (non-hydrogen) atoms. The summed E-state index contributed by atoms with van der Waals surface area (Å²) in [5.74, 6) is -0.583. The lowest BCUT2D eigenvalue weighted by molar-refractivity contribution is 0.0524. The van der Waals surface area contributed by atoms with Gasteiger partial charge in [0.2, 0.25) is 0 Å². The number of rotatable bonds is 2. The molecule has 0 aliphatic heterocycles. The Bertz CT molecular complexity index is 676. The summed E-state index contributed by atoms with van der Waals surface area (Å²) in [6.45, 7) is 3.81. The highest BCUT2D eigenvalue weighted by Gasteiger charge is 2.15. The molecular weight excluding hydrogens is 298 g/mol. The number of ether oxygens (including phenoxy) is 1. The van der Waals surface area contributed by atoms with Crippen molar-refractivity contribution >= 4 is 27.4 Å². The molecule has 2 aromatic heterocycles. The van der Waals surface area contributed by atoms with Crippen molar-refractivity contribution in [1.29, 1.82) is 0 Å². The van der Waals surface area contributed by atoms with E-state index in [1.165, 1.54) is 4.40 Å². The van der Waals surface area contributed by atoms with E-state index in [9.17, 15) is 9.59 Å². The van der Waals surface area contributed by atoms with E-state index < -0.39 is 5.97 Å². The third-order valence-corrected chi connectivity index (χ3v) is 3.09. The van der Waals surface area contributed by atoms with Crippen molar-refractivity contribution < 1.29 is 9.53 Å². The molecule has 0 atom stereocenters. The van der Waals surface area contributed by atoms with E-state index in [0.717, 1.165) is 15.6 Å². The molecule has 0 amide bonds. The number of hydrogen-bond acceptors (Lipinski definition) is 3. The van der Waals surface area contributed by atoms with Gasteiger partial charge in [-0.1, -0.05) is 0 Å². The summed E-state index contributed by atoms with van der Waals surface area (Å²) in [5.41, 5.74) is 1.32. The second-order valence-electron chi connectivity index (χ2n) is 3.87. The van der Waals surface area contributed by atoms with Crippen LogP contribution >= 0.6 is 15.9 Å². The summed E-state index contributed by atoms with van der Waals surface area (Å²) in [4.78, 5) is 23.9. The molecule has 2 heterocycles. The highest BCUT2D eigenvalue weighted by atomic mass is 79.9. The monoisotopic (exact) mass is 309 g/mol. The second-order valence-corrected chi connectivity index (χ2v) is 4.78. The average Bonchev–Trinajstić information content (AvgIpc) is 2.33. The third kappa shape index (κ3) is 2.18. The number of aromatic nitrogens is 1. The fourth-order valence-corrected chi connectivity index (χ4v) is 2.14. The smallest absolute Gasteiger partial charge is 0.343 e. The topological polar surface area (TPSA) is 47.8 Å². The number of pyridine rings is 2. The zero-order valence-corrected chi connectivity index (χ0v) is 11.7. The summed E-state index contributed by atoms with van der Waals surface area (Å²) in [6, 6.07) is 5.26. The normalized spacial score (nSPS) is 10.6. The SMILES string of the molecule is CCOC(=O)c1cc(C)c2ccc(Br)cn2c1=O. The van der Waals surface area contributed by atoms with E-state index in [4.69, 9.17) is 4.74 Å². The Labute approximate surface area is 112 Å². The molecule has 0 N–H and O–H groups in total. The van der Waals surface area contributed by atoms with Crippen molar-refractivity contribution in [3.63, 3.8) is 0 Å². The molecule has 0 aliphatic carbocycles. The van der Waals surface area contributed by atoms with Gasteiger partial charge in [0.15, 0.2) is 0 Å². The van der Waals surface area contributed by atoms with E-state index >= 15 is 0 Å². The summed E-state index contributed by atoms with van der Waals surface area (Å²) < 4.78 is 7.10. The van der Waals surface area contributed by atoms with E-state index in [2.05, 4.69) is 15.9 Å². The van der Waals surface area contributed by atoms with Gasteiger partial charge in [-0.3, -0.25) is 9.20 Å². The van der Waals surface area contributed by atoms with E-state index in [0.29, 0.717) is 0 Å². The molecule has 0 saturated heterocycles. The molecule has 0 saturated carbocycles. The van der Waals surface area contributed by atoms with Crippen LogP contribution in [-0.4, -0.2) is 17.0 Å². The molecule has 2 rings (SSSR count). The average molecular weight is 310 g/mol. The Balaban J connectivity index is 2.75. The van der Waals surface area contributed by atoms with Gasteiger partial charge in [-0.05, 0) is 53.5 Å². The minimum atomic E-state index is -0.583. The van der Waals surface area contributed by atoms with Crippen LogP contribution in [0.5, 0.6) is 0 Å². The predicted octanol–water partition coefficient (Wildman–Crippen LogP) is 2.55. The van der Waals surface area contributed by atoms with Crippen LogP contribution in [0.4, 0.5) is 0 Å². The van der Waals surface area contributed by atoms with Crippen molar-refractivity contribution in [2.45, 2.75) is 13.8 Å². The molecule has 0 aliphatic rings. The highest BCUT2D eigenvalue weighted by Crippen LogP contribution is 2.14. The first-order chi connectivity index (χ1) is 8.54. The first-order valence-corrected chi connectivity index (χ1v) is 6.32. The van der Waals surface area contributed by atoms with Crippen LogP contribution in [-0.2, 0) is 4.74 Å². The number of esters is 1. The number of hydrogen-bond donors (Lipinski definition) is 0. The zero-order chi connectivity index (χ0) is 13.3. The Morgan fingerprint density at radius 3 is 2.83 bits per heavy atom. The molecule has 0 unspecified atom stereocenters. The predicted molar refractivity (Wildman–Crippen MR) is 72.1 cm³/mol. The lowest BCUT2D eigenvalue weighted by Gasteiger charge is -2.08. The number of carbonyl (C=O) groups is 1. The lowest BCUT2D eigenvalue weighted by Crippen LogP contribution is -2.24. The Hall–Kier alpha value is -1.62. The van der Waals surface area contributed by atoms with E-state index in [1.54, 1.807) is 19.2 Å². The summed E-state index contributed by atoms with van der Waals surface area (Å²) in [6.07, 6.45) is 1.65. The number of halogens is 1. The van der Waals surface area contributed by atoms with Crippen LogP contribution in [0, 0.1) is 6.92 Å². The molecule has 0 bridgehead atoms. The van der Waals surface area contributed by atoms with Crippen molar-refractivity contribution in [3.8, 4) is 0 Å². The van der Waals surface area contributed by atoms with Gasteiger partial charge < -0.3 is 4.74 Å². The molecule has 0 spiro atoms. The van der Waals surface area contributed by atoms with Gasteiger partial charge in [-0.15, -0.1) is 0 Å². The molecule has 2 aromatic rings.